The number of ether oxygens (including phenoxy) is 1. The summed E-state index contributed by atoms with van der Waals surface area (Å²) in [5.74, 6) is 1.75. The van der Waals surface area contributed by atoms with E-state index >= 15 is 0 Å². The first kappa shape index (κ1) is 11.6. The molecule has 1 aliphatic rings. The maximum absolute atomic E-state index is 5.09. The minimum atomic E-state index is 0.566. The van der Waals surface area contributed by atoms with Gasteiger partial charge in [-0.05, 0) is 31.2 Å². The monoisotopic (exact) mass is 238 g/mol. The van der Waals surface area contributed by atoms with Crippen LogP contribution in [0.1, 0.15) is 19.3 Å². The molecule has 0 aliphatic heterocycles. The first-order valence-corrected chi connectivity index (χ1v) is 6.91. The Balaban J connectivity index is 1.97. The van der Waals surface area contributed by atoms with Crippen molar-refractivity contribution < 1.29 is 4.74 Å². The number of hydrogen-bond donors (Lipinski definition) is 1. The summed E-state index contributed by atoms with van der Waals surface area (Å²) in [6, 6.07) is 4.49. The van der Waals surface area contributed by atoms with Gasteiger partial charge in [-0.1, -0.05) is 6.42 Å². The predicted molar refractivity (Wildman–Crippen MR) is 69.4 cm³/mol. The minimum Gasteiger partial charge on any atom is -0.495 e. The van der Waals surface area contributed by atoms with Crippen molar-refractivity contribution in [2.24, 2.45) is 0 Å². The molecule has 88 valence electrons. The molecule has 0 bridgehead atoms. The average Bonchev–Trinajstić information content (AvgIpc) is 2.77. The zero-order valence-electron chi connectivity index (χ0n) is 9.77. The van der Waals surface area contributed by atoms with Gasteiger partial charge < -0.3 is 10.1 Å². The summed E-state index contributed by atoms with van der Waals surface area (Å²) in [6.45, 7) is 0. The van der Waals surface area contributed by atoms with Crippen molar-refractivity contribution in [1.82, 2.24) is 4.98 Å². The van der Waals surface area contributed by atoms with Crippen LogP contribution >= 0.6 is 11.8 Å². The molecule has 1 N–H and O–H groups in total. The predicted octanol–water partition coefficient (Wildman–Crippen LogP) is 2.79. The summed E-state index contributed by atoms with van der Waals surface area (Å²) in [4.78, 5) is 4.34. The molecule has 0 aromatic carbocycles. The average molecular weight is 238 g/mol. The molecule has 0 radical (unpaired) electrons. The molecule has 3 nitrogen and oxygen atoms in total. The number of anilines is 1. The van der Waals surface area contributed by atoms with Crippen LogP contribution in [-0.2, 0) is 0 Å². The fourth-order valence-corrected chi connectivity index (χ4v) is 3.08. The molecule has 16 heavy (non-hydrogen) atoms. The van der Waals surface area contributed by atoms with Crippen LogP contribution in [0, 0.1) is 0 Å². The molecule has 2 unspecified atom stereocenters. The molecule has 0 spiro atoms. The van der Waals surface area contributed by atoms with Crippen molar-refractivity contribution in [3.63, 3.8) is 0 Å². The molecular formula is C12H18N2OS. The Morgan fingerprint density at radius 2 is 2.31 bits per heavy atom. The molecule has 2 rings (SSSR count). The van der Waals surface area contributed by atoms with Crippen LogP contribution in [-0.4, -0.2) is 29.6 Å². The number of nitrogens with one attached hydrogen (secondary N) is 1. The van der Waals surface area contributed by atoms with Crippen LogP contribution in [0.2, 0.25) is 0 Å². The third-order valence-corrected chi connectivity index (χ3v) is 4.23. The van der Waals surface area contributed by atoms with Crippen LogP contribution in [0.3, 0.4) is 0 Å². The van der Waals surface area contributed by atoms with Crippen molar-refractivity contribution >= 4 is 17.6 Å². The summed E-state index contributed by atoms with van der Waals surface area (Å²) in [6.07, 6.45) is 7.82. The highest BCUT2D eigenvalue weighted by atomic mass is 32.2. The highest BCUT2D eigenvalue weighted by Gasteiger charge is 2.26. The Kier molecular flexibility index (Phi) is 3.93. The molecular weight excluding hydrogens is 220 g/mol. The maximum Gasteiger partial charge on any atom is 0.137 e. The van der Waals surface area contributed by atoms with Gasteiger partial charge in [0.15, 0.2) is 0 Å². The standard InChI is InChI=1S/C12H18N2OS/c1-15-9-6-7-12(13-8-9)14-10-4-3-5-11(10)16-2/h6-8,10-11H,3-5H2,1-2H3,(H,13,14). The summed E-state index contributed by atoms with van der Waals surface area (Å²) in [5, 5.41) is 4.23. The Morgan fingerprint density at radius 1 is 1.44 bits per heavy atom. The second-order valence-electron chi connectivity index (χ2n) is 4.04. The molecule has 1 aliphatic carbocycles. The molecule has 2 atom stereocenters. The van der Waals surface area contributed by atoms with E-state index in [1.807, 2.05) is 23.9 Å². The van der Waals surface area contributed by atoms with Crippen LogP contribution in [0.5, 0.6) is 5.75 Å². The number of pyridine rings is 1. The van der Waals surface area contributed by atoms with Crippen molar-refractivity contribution in [2.75, 3.05) is 18.7 Å². The molecule has 1 aromatic rings. The highest BCUT2D eigenvalue weighted by Crippen LogP contribution is 2.30. The van der Waals surface area contributed by atoms with Crippen LogP contribution < -0.4 is 10.1 Å². The Morgan fingerprint density at radius 3 is 2.94 bits per heavy atom. The van der Waals surface area contributed by atoms with Gasteiger partial charge in [0.05, 0.1) is 13.3 Å². The zero-order valence-corrected chi connectivity index (χ0v) is 10.6. The third-order valence-electron chi connectivity index (χ3n) is 3.06. The van der Waals surface area contributed by atoms with Crippen LogP contribution in [0.25, 0.3) is 0 Å². The first-order valence-electron chi connectivity index (χ1n) is 5.63. The molecule has 1 heterocycles. The lowest BCUT2D eigenvalue weighted by Crippen LogP contribution is -2.26. The lowest BCUT2D eigenvalue weighted by atomic mass is 10.2. The van der Waals surface area contributed by atoms with Gasteiger partial charge in [-0.3, -0.25) is 0 Å². The van der Waals surface area contributed by atoms with E-state index in [1.54, 1.807) is 13.3 Å². The summed E-state index contributed by atoms with van der Waals surface area (Å²) >= 11 is 1.95. The van der Waals surface area contributed by atoms with Crippen molar-refractivity contribution in [3.8, 4) is 5.75 Å². The third kappa shape index (κ3) is 2.61. The van der Waals surface area contributed by atoms with E-state index in [9.17, 15) is 0 Å². The van der Waals surface area contributed by atoms with E-state index in [1.165, 1.54) is 19.3 Å². The zero-order chi connectivity index (χ0) is 11.4. The summed E-state index contributed by atoms with van der Waals surface area (Å²) < 4.78 is 5.09. The van der Waals surface area contributed by atoms with E-state index in [0.717, 1.165) is 16.8 Å². The van der Waals surface area contributed by atoms with Gasteiger partial charge in [-0.2, -0.15) is 11.8 Å². The van der Waals surface area contributed by atoms with Gasteiger partial charge in [0.1, 0.15) is 11.6 Å². The van der Waals surface area contributed by atoms with Gasteiger partial charge in [0.25, 0.3) is 0 Å². The Hall–Kier alpha value is -0.900. The molecule has 1 saturated carbocycles. The van der Waals surface area contributed by atoms with Gasteiger partial charge in [0, 0.05) is 11.3 Å². The van der Waals surface area contributed by atoms with Crippen LogP contribution in [0.4, 0.5) is 5.82 Å². The molecule has 4 heteroatoms. The number of hydrogen-bond acceptors (Lipinski definition) is 4. The number of methoxy groups -OCH3 is 1. The second kappa shape index (κ2) is 5.43. The normalized spacial score (nSPS) is 24.4. The first-order chi connectivity index (χ1) is 7.83. The lowest BCUT2D eigenvalue weighted by molar-refractivity contribution is 0.413. The Labute approximate surface area is 101 Å². The number of thioether (sulfide) groups is 1. The largest absolute Gasteiger partial charge is 0.495 e. The van der Waals surface area contributed by atoms with Gasteiger partial charge in [-0.25, -0.2) is 4.98 Å². The van der Waals surface area contributed by atoms with Crippen molar-refractivity contribution in [2.45, 2.75) is 30.6 Å². The lowest BCUT2D eigenvalue weighted by Gasteiger charge is -2.19. The second-order valence-corrected chi connectivity index (χ2v) is 5.12. The van der Waals surface area contributed by atoms with Gasteiger partial charge in [-0.15, -0.1) is 0 Å². The molecule has 1 fully saturated rings. The molecule has 0 saturated heterocycles. The maximum atomic E-state index is 5.09. The smallest absolute Gasteiger partial charge is 0.137 e. The molecule has 0 amide bonds. The van der Waals surface area contributed by atoms with E-state index in [-0.39, 0.29) is 0 Å². The van der Waals surface area contributed by atoms with Crippen LogP contribution in [0.15, 0.2) is 18.3 Å². The summed E-state index contributed by atoms with van der Waals surface area (Å²) in [7, 11) is 1.66. The Bertz CT molecular complexity index is 328. The van der Waals surface area contributed by atoms with Crippen molar-refractivity contribution in [3.05, 3.63) is 18.3 Å². The topological polar surface area (TPSA) is 34.1 Å². The van der Waals surface area contributed by atoms with Crippen molar-refractivity contribution in [1.29, 1.82) is 0 Å². The number of nitrogens with zero attached hydrogens (tertiary/aromatic N) is 1. The number of rotatable bonds is 4. The SMILES string of the molecule is COc1ccc(NC2CCCC2SC)nc1. The van der Waals surface area contributed by atoms with Gasteiger partial charge in [0.2, 0.25) is 0 Å². The van der Waals surface area contributed by atoms with E-state index < -0.39 is 0 Å². The van der Waals surface area contributed by atoms with Gasteiger partial charge >= 0.3 is 0 Å². The van der Waals surface area contributed by atoms with E-state index in [0.29, 0.717) is 6.04 Å². The molecule has 1 aromatic heterocycles. The fraction of sp³-hybridized carbons (Fsp3) is 0.583. The summed E-state index contributed by atoms with van der Waals surface area (Å²) in [5.41, 5.74) is 0. The van der Waals surface area contributed by atoms with E-state index in [4.69, 9.17) is 4.74 Å². The number of aromatic nitrogens is 1. The fourth-order valence-electron chi connectivity index (χ4n) is 2.15. The minimum absolute atomic E-state index is 0.566. The van der Waals surface area contributed by atoms with E-state index in [2.05, 4.69) is 16.6 Å². The highest BCUT2D eigenvalue weighted by molar-refractivity contribution is 7.99. The quantitative estimate of drug-likeness (QED) is 0.874.